The van der Waals surface area contributed by atoms with Gasteiger partial charge in [-0.3, -0.25) is 4.79 Å². The van der Waals surface area contributed by atoms with Gasteiger partial charge in [-0.2, -0.15) is 4.31 Å². The highest BCUT2D eigenvalue weighted by Crippen LogP contribution is 2.35. The third-order valence-electron chi connectivity index (χ3n) is 2.22. The number of rotatable bonds is 6. The fraction of sp³-hybridized carbons (Fsp3) is 0.500. The van der Waals surface area contributed by atoms with Gasteiger partial charge in [0, 0.05) is 6.54 Å². The van der Waals surface area contributed by atoms with Crippen LogP contribution in [0.1, 0.15) is 13.3 Å². The van der Waals surface area contributed by atoms with Gasteiger partial charge in [-0.1, -0.05) is 18.5 Å². The van der Waals surface area contributed by atoms with Gasteiger partial charge in [0.05, 0.1) is 15.9 Å². The van der Waals surface area contributed by atoms with E-state index in [-0.39, 0.29) is 17.3 Å². The number of thiophene rings is 1. The highest BCUT2D eigenvalue weighted by Gasteiger charge is 2.28. The molecule has 0 N–H and O–H groups in total. The highest BCUT2D eigenvalue weighted by molar-refractivity contribution is 9.11. The lowest BCUT2D eigenvalue weighted by Gasteiger charge is -2.19. The van der Waals surface area contributed by atoms with Crippen molar-refractivity contribution < 1.29 is 17.9 Å². The van der Waals surface area contributed by atoms with E-state index in [9.17, 15) is 13.2 Å². The first-order chi connectivity index (χ1) is 8.82. The number of nitrogens with zero attached hydrogens (tertiary/aromatic N) is 1. The lowest BCUT2D eigenvalue weighted by molar-refractivity contribution is -0.140. The average molecular weight is 391 g/mol. The molecule has 0 amide bonds. The van der Waals surface area contributed by atoms with Crippen molar-refractivity contribution in [2.45, 2.75) is 17.6 Å². The first-order valence-electron chi connectivity index (χ1n) is 5.34. The second-order valence-electron chi connectivity index (χ2n) is 3.60. The Hall–Kier alpha value is -0.150. The summed E-state index contributed by atoms with van der Waals surface area (Å²) in [6, 6.07) is 1.37. The van der Waals surface area contributed by atoms with Crippen molar-refractivity contribution in [3.63, 3.8) is 0 Å². The van der Waals surface area contributed by atoms with Crippen molar-refractivity contribution in [3.8, 4) is 0 Å². The fourth-order valence-corrected chi connectivity index (χ4v) is 5.35. The van der Waals surface area contributed by atoms with Crippen molar-refractivity contribution in [2.75, 3.05) is 20.2 Å². The van der Waals surface area contributed by atoms with Crippen LogP contribution in [0.15, 0.2) is 14.1 Å². The molecule has 0 bridgehead atoms. The minimum atomic E-state index is -3.73. The van der Waals surface area contributed by atoms with Gasteiger partial charge in [0.25, 0.3) is 10.0 Å². The van der Waals surface area contributed by atoms with Gasteiger partial charge in [-0.15, -0.1) is 11.3 Å². The molecule has 5 nitrogen and oxygen atoms in total. The zero-order chi connectivity index (χ0) is 14.6. The summed E-state index contributed by atoms with van der Waals surface area (Å²) in [6.45, 7) is 1.77. The van der Waals surface area contributed by atoms with E-state index < -0.39 is 16.0 Å². The predicted molar refractivity (Wildman–Crippen MR) is 78.1 cm³/mol. The summed E-state index contributed by atoms with van der Waals surface area (Å²) in [5.74, 6) is -0.598. The zero-order valence-corrected chi connectivity index (χ0v) is 14.3. The summed E-state index contributed by atoms with van der Waals surface area (Å²) in [6.07, 6.45) is 0.594. The van der Waals surface area contributed by atoms with E-state index in [1.165, 1.54) is 13.2 Å². The first-order valence-corrected chi connectivity index (χ1v) is 8.77. The molecule has 0 saturated carbocycles. The van der Waals surface area contributed by atoms with Crippen LogP contribution in [-0.2, 0) is 19.6 Å². The predicted octanol–water partition coefficient (Wildman–Crippen LogP) is 2.74. The van der Waals surface area contributed by atoms with E-state index in [0.29, 0.717) is 15.2 Å². The number of carbonyl (C=O) groups excluding carboxylic acids is 1. The molecule has 19 heavy (non-hydrogen) atoms. The normalized spacial score (nSPS) is 11.8. The maximum Gasteiger partial charge on any atom is 0.321 e. The summed E-state index contributed by atoms with van der Waals surface area (Å²) in [5.41, 5.74) is 0. The topological polar surface area (TPSA) is 63.7 Å². The number of hydrogen-bond acceptors (Lipinski definition) is 5. The Morgan fingerprint density at radius 2 is 2.21 bits per heavy atom. The van der Waals surface area contributed by atoms with Gasteiger partial charge in [0.1, 0.15) is 10.8 Å². The monoisotopic (exact) mass is 389 g/mol. The molecular weight excluding hydrogens is 378 g/mol. The molecule has 1 aromatic rings. The molecule has 0 aromatic carbocycles. The van der Waals surface area contributed by atoms with Gasteiger partial charge >= 0.3 is 5.97 Å². The summed E-state index contributed by atoms with van der Waals surface area (Å²) in [5, 5.41) is 0.332. The Balaban J connectivity index is 3.08. The number of hydrogen-bond donors (Lipinski definition) is 0. The molecule has 9 heteroatoms. The van der Waals surface area contributed by atoms with E-state index in [1.54, 1.807) is 0 Å². The number of methoxy groups -OCH3 is 1. The van der Waals surface area contributed by atoms with E-state index in [4.69, 9.17) is 11.6 Å². The Labute approximate surface area is 129 Å². The van der Waals surface area contributed by atoms with Crippen LogP contribution < -0.4 is 0 Å². The van der Waals surface area contributed by atoms with Crippen molar-refractivity contribution >= 4 is 54.9 Å². The second-order valence-corrected chi connectivity index (χ2v) is 8.54. The standard InChI is InChI=1S/C10H13BrClNO4S2/c1-3-4-13(6-8(14)17-2)19(15,16)9-5-7(12)10(11)18-9/h5H,3-4,6H2,1-2H3. The summed E-state index contributed by atoms with van der Waals surface area (Å²) in [7, 11) is -2.51. The Morgan fingerprint density at radius 3 is 2.63 bits per heavy atom. The summed E-state index contributed by atoms with van der Waals surface area (Å²) in [4.78, 5) is 11.3. The van der Waals surface area contributed by atoms with Crippen molar-refractivity contribution in [3.05, 3.63) is 14.9 Å². The van der Waals surface area contributed by atoms with Crippen LogP contribution in [0.5, 0.6) is 0 Å². The van der Waals surface area contributed by atoms with Gasteiger partial charge in [0.2, 0.25) is 0 Å². The van der Waals surface area contributed by atoms with Crippen LogP contribution in [0, 0.1) is 0 Å². The van der Waals surface area contributed by atoms with Crippen LogP contribution in [0.25, 0.3) is 0 Å². The van der Waals surface area contributed by atoms with Crippen LogP contribution in [0.3, 0.4) is 0 Å². The number of esters is 1. The lowest BCUT2D eigenvalue weighted by atomic mass is 10.5. The molecule has 0 aliphatic rings. The second kappa shape index (κ2) is 7.03. The number of sulfonamides is 1. The molecule has 1 heterocycles. The van der Waals surface area contributed by atoms with E-state index in [2.05, 4.69) is 20.7 Å². The minimum Gasteiger partial charge on any atom is -0.468 e. The number of carbonyl (C=O) groups is 1. The van der Waals surface area contributed by atoms with Crippen molar-refractivity contribution in [1.82, 2.24) is 4.31 Å². The molecule has 1 aromatic heterocycles. The molecule has 108 valence electrons. The number of halogens is 2. The van der Waals surface area contributed by atoms with Crippen molar-refractivity contribution in [2.24, 2.45) is 0 Å². The maximum absolute atomic E-state index is 12.4. The van der Waals surface area contributed by atoms with Crippen LogP contribution in [0.4, 0.5) is 0 Å². The molecular formula is C10H13BrClNO4S2. The van der Waals surface area contributed by atoms with Crippen LogP contribution in [-0.4, -0.2) is 38.9 Å². The molecule has 0 spiro atoms. The Bertz CT molecular complexity index is 538. The quantitative estimate of drug-likeness (QED) is 0.701. The van der Waals surface area contributed by atoms with E-state index in [1.807, 2.05) is 6.92 Å². The molecule has 0 fully saturated rings. The average Bonchev–Trinajstić information content (AvgIpc) is 2.69. The largest absolute Gasteiger partial charge is 0.468 e. The maximum atomic E-state index is 12.4. The first kappa shape index (κ1) is 16.9. The molecule has 0 unspecified atom stereocenters. The minimum absolute atomic E-state index is 0.0988. The van der Waals surface area contributed by atoms with E-state index >= 15 is 0 Å². The third-order valence-corrected chi connectivity index (χ3v) is 6.99. The van der Waals surface area contributed by atoms with Gasteiger partial charge in [-0.25, -0.2) is 8.42 Å². The van der Waals surface area contributed by atoms with Gasteiger partial charge in [-0.05, 0) is 28.4 Å². The molecule has 0 aliphatic carbocycles. The lowest BCUT2D eigenvalue weighted by Crippen LogP contribution is -2.36. The number of ether oxygens (including phenoxy) is 1. The summed E-state index contributed by atoms with van der Waals surface area (Å²) >= 11 is 10.0. The third kappa shape index (κ3) is 4.16. The smallest absolute Gasteiger partial charge is 0.321 e. The Kier molecular flexibility index (Phi) is 6.25. The van der Waals surface area contributed by atoms with E-state index in [0.717, 1.165) is 15.6 Å². The molecule has 0 aliphatic heterocycles. The SMILES string of the molecule is CCCN(CC(=O)OC)S(=O)(=O)c1cc(Cl)c(Br)s1. The zero-order valence-electron chi connectivity index (χ0n) is 10.4. The summed E-state index contributed by atoms with van der Waals surface area (Å²) < 4.78 is 31.0. The van der Waals surface area contributed by atoms with Gasteiger partial charge < -0.3 is 4.74 Å². The molecule has 0 atom stereocenters. The van der Waals surface area contributed by atoms with Crippen molar-refractivity contribution in [1.29, 1.82) is 0 Å². The highest BCUT2D eigenvalue weighted by atomic mass is 79.9. The molecule has 0 saturated heterocycles. The Morgan fingerprint density at radius 1 is 1.58 bits per heavy atom. The van der Waals surface area contributed by atoms with Crippen LogP contribution >= 0.6 is 38.9 Å². The molecule has 1 rings (SSSR count). The van der Waals surface area contributed by atoms with Crippen LogP contribution in [0.2, 0.25) is 5.02 Å². The van der Waals surface area contributed by atoms with Gasteiger partial charge in [0.15, 0.2) is 0 Å². The molecule has 0 radical (unpaired) electrons. The fourth-order valence-electron chi connectivity index (χ4n) is 1.32.